The first-order valence-corrected chi connectivity index (χ1v) is 7.82. The van der Waals surface area contributed by atoms with Gasteiger partial charge in [0.25, 0.3) is 0 Å². The van der Waals surface area contributed by atoms with Crippen molar-refractivity contribution in [2.24, 2.45) is 5.92 Å². The summed E-state index contributed by atoms with van der Waals surface area (Å²) in [5, 5.41) is 3.18. The molecule has 100 valence electrons. The minimum atomic E-state index is 0.330. The molecule has 0 radical (unpaired) electrons. The maximum absolute atomic E-state index is 12.1. The Balaban J connectivity index is 2.22. The number of hydrogen-bond acceptors (Lipinski definition) is 3. The Labute approximate surface area is 110 Å². The van der Waals surface area contributed by atoms with Crippen LogP contribution in [0.4, 0.5) is 0 Å². The lowest BCUT2D eigenvalue weighted by atomic mass is 10.2. The quantitative estimate of drug-likeness (QED) is 0.709. The molecule has 0 spiro atoms. The Morgan fingerprint density at radius 3 is 2.94 bits per heavy atom. The number of nitrogens with zero attached hydrogens (tertiary/aromatic N) is 1. The van der Waals surface area contributed by atoms with Crippen LogP contribution in [0, 0.1) is 5.92 Å². The van der Waals surface area contributed by atoms with Crippen molar-refractivity contribution in [1.82, 2.24) is 10.2 Å². The Morgan fingerprint density at radius 1 is 1.53 bits per heavy atom. The third-order valence-corrected chi connectivity index (χ3v) is 4.18. The van der Waals surface area contributed by atoms with E-state index in [0.717, 1.165) is 37.6 Å². The van der Waals surface area contributed by atoms with Crippen LogP contribution in [0.5, 0.6) is 0 Å². The van der Waals surface area contributed by atoms with Crippen LogP contribution in [-0.4, -0.2) is 48.5 Å². The summed E-state index contributed by atoms with van der Waals surface area (Å²) in [7, 11) is 1.96. The van der Waals surface area contributed by atoms with Gasteiger partial charge in [-0.05, 0) is 38.0 Å². The van der Waals surface area contributed by atoms with Gasteiger partial charge in [0.05, 0.1) is 5.75 Å². The number of amides is 1. The lowest BCUT2D eigenvalue weighted by Gasteiger charge is -2.24. The minimum Gasteiger partial charge on any atom is -0.338 e. The molecule has 1 atom stereocenters. The van der Waals surface area contributed by atoms with Crippen molar-refractivity contribution in [3.63, 3.8) is 0 Å². The average molecular weight is 258 g/mol. The molecule has 1 saturated heterocycles. The molecule has 1 fully saturated rings. The minimum absolute atomic E-state index is 0.330. The summed E-state index contributed by atoms with van der Waals surface area (Å²) in [6.07, 6.45) is 3.52. The molecule has 1 N–H and O–H groups in total. The molecule has 4 heteroatoms. The molecule has 1 heterocycles. The van der Waals surface area contributed by atoms with Crippen molar-refractivity contribution in [3.05, 3.63) is 0 Å². The number of hydrogen-bond donors (Lipinski definition) is 1. The number of thioether (sulfide) groups is 1. The predicted molar refractivity (Wildman–Crippen MR) is 75.4 cm³/mol. The zero-order valence-corrected chi connectivity index (χ0v) is 12.2. The number of carbonyl (C=O) groups is 1. The second kappa shape index (κ2) is 7.98. The fraction of sp³-hybridized carbons (Fsp3) is 0.923. The number of likely N-dealkylation sites (N-methyl/N-ethyl adjacent to an activating group) is 1. The molecule has 0 aromatic rings. The SMILES string of the molecule is CNCC1CCCN1C(=O)CSCCC(C)C. The molecule has 17 heavy (non-hydrogen) atoms. The zero-order valence-electron chi connectivity index (χ0n) is 11.4. The van der Waals surface area contributed by atoms with E-state index in [-0.39, 0.29) is 0 Å². The van der Waals surface area contributed by atoms with Gasteiger partial charge in [0.2, 0.25) is 5.91 Å². The van der Waals surface area contributed by atoms with Crippen LogP contribution in [0.3, 0.4) is 0 Å². The molecule has 1 rings (SSSR count). The topological polar surface area (TPSA) is 32.3 Å². The number of carbonyl (C=O) groups excluding carboxylic acids is 1. The Hall–Kier alpha value is -0.220. The number of nitrogens with one attached hydrogen (secondary N) is 1. The highest BCUT2D eigenvalue weighted by molar-refractivity contribution is 7.99. The van der Waals surface area contributed by atoms with Gasteiger partial charge in [-0.15, -0.1) is 0 Å². The lowest BCUT2D eigenvalue weighted by molar-refractivity contribution is -0.129. The molecule has 0 saturated carbocycles. The van der Waals surface area contributed by atoms with Gasteiger partial charge in [0.15, 0.2) is 0 Å². The van der Waals surface area contributed by atoms with Crippen molar-refractivity contribution < 1.29 is 4.79 Å². The standard InChI is InChI=1S/C13H26N2OS/c1-11(2)6-8-17-10-13(16)15-7-4-5-12(15)9-14-3/h11-12,14H,4-10H2,1-3H3. The second-order valence-corrected chi connectivity index (χ2v) is 6.28. The van der Waals surface area contributed by atoms with Gasteiger partial charge in [0.1, 0.15) is 0 Å². The van der Waals surface area contributed by atoms with Crippen LogP contribution < -0.4 is 5.32 Å². The van der Waals surface area contributed by atoms with Gasteiger partial charge >= 0.3 is 0 Å². The first kappa shape index (κ1) is 14.8. The van der Waals surface area contributed by atoms with Crippen molar-refractivity contribution in [1.29, 1.82) is 0 Å². The van der Waals surface area contributed by atoms with Gasteiger partial charge in [-0.25, -0.2) is 0 Å². The number of rotatable bonds is 7. The van der Waals surface area contributed by atoms with Crippen molar-refractivity contribution >= 4 is 17.7 Å². The van der Waals surface area contributed by atoms with E-state index >= 15 is 0 Å². The third kappa shape index (κ3) is 5.30. The summed E-state index contributed by atoms with van der Waals surface area (Å²) < 4.78 is 0. The van der Waals surface area contributed by atoms with Crippen LogP contribution >= 0.6 is 11.8 Å². The van der Waals surface area contributed by atoms with Gasteiger partial charge in [-0.3, -0.25) is 4.79 Å². The summed E-state index contributed by atoms with van der Waals surface area (Å²) in [5.41, 5.74) is 0. The highest BCUT2D eigenvalue weighted by Gasteiger charge is 2.27. The Bertz CT molecular complexity index is 233. The van der Waals surface area contributed by atoms with E-state index < -0.39 is 0 Å². The van der Waals surface area contributed by atoms with Crippen LogP contribution in [0.2, 0.25) is 0 Å². The third-order valence-electron chi connectivity index (χ3n) is 3.20. The maximum Gasteiger partial charge on any atom is 0.232 e. The first-order chi connectivity index (χ1) is 8.15. The summed E-state index contributed by atoms with van der Waals surface area (Å²) >= 11 is 1.79. The molecule has 1 aliphatic heterocycles. The zero-order chi connectivity index (χ0) is 12.7. The highest BCUT2D eigenvalue weighted by atomic mass is 32.2. The Kier molecular flexibility index (Phi) is 6.97. The molecular formula is C13H26N2OS. The monoisotopic (exact) mass is 258 g/mol. The van der Waals surface area contributed by atoms with Crippen molar-refractivity contribution in [2.75, 3.05) is 31.6 Å². The summed E-state index contributed by atoms with van der Waals surface area (Å²) in [4.78, 5) is 14.1. The number of likely N-dealkylation sites (tertiary alicyclic amines) is 1. The fourth-order valence-electron chi connectivity index (χ4n) is 2.17. The summed E-state index contributed by atoms with van der Waals surface area (Å²) in [6, 6.07) is 0.429. The Morgan fingerprint density at radius 2 is 2.29 bits per heavy atom. The molecule has 0 aromatic heterocycles. The summed E-state index contributed by atoms with van der Waals surface area (Å²) in [5.74, 6) is 2.83. The molecular weight excluding hydrogens is 232 g/mol. The van der Waals surface area contributed by atoms with E-state index in [2.05, 4.69) is 24.1 Å². The molecule has 1 amide bonds. The summed E-state index contributed by atoms with van der Waals surface area (Å²) in [6.45, 7) is 6.34. The van der Waals surface area contributed by atoms with Crippen LogP contribution in [0.15, 0.2) is 0 Å². The maximum atomic E-state index is 12.1. The van der Waals surface area contributed by atoms with E-state index in [0.29, 0.717) is 17.7 Å². The average Bonchev–Trinajstić information content (AvgIpc) is 2.72. The molecule has 1 aliphatic rings. The van der Waals surface area contributed by atoms with Gasteiger partial charge in [-0.2, -0.15) is 11.8 Å². The van der Waals surface area contributed by atoms with Gasteiger partial charge < -0.3 is 10.2 Å². The van der Waals surface area contributed by atoms with Crippen LogP contribution in [0.1, 0.15) is 33.1 Å². The van der Waals surface area contributed by atoms with Gasteiger partial charge in [-0.1, -0.05) is 13.8 Å². The van der Waals surface area contributed by atoms with Crippen LogP contribution in [0.25, 0.3) is 0 Å². The van der Waals surface area contributed by atoms with Crippen LogP contribution in [-0.2, 0) is 4.79 Å². The lowest BCUT2D eigenvalue weighted by Crippen LogP contribution is -2.41. The van der Waals surface area contributed by atoms with E-state index in [1.54, 1.807) is 11.8 Å². The normalized spacial score (nSPS) is 20.2. The molecule has 3 nitrogen and oxygen atoms in total. The smallest absolute Gasteiger partial charge is 0.232 e. The van der Waals surface area contributed by atoms with E-state index in [4.69, 9.17) is 0 Å². The van der Waals surface area contributed by atoms with E-state index in [1.165, 1.54) is 6.42 Å². The largest absolute Gasteiger partial charge is 0.338 e. The molecule has 0 aliphatic carbocycles. The second-order valence-electron chi connectivity index (χ2n) is 5.18. The van der Waals surface area contributed by atoms with Crippen molar-refractivity contribution in [3.8, 4) is 0 Å². The molecule has 0 aromatic carbocycles. The predicted octanol–water partition coefficient (Wildman–Crippen LogP) is 1.98. The van der Waals surface area contributed by atoms with Gasteiger partial charge in [0, 0.05) is 19.1 Å². The van der Waals surface area contributed by atoms with E-state index in [9.17, 15) is 4.79 Å². The van der Waals surface area contributed by atoms with E-state index in [1.807, 2.05) is 7.05 Å². The highest BCUT2D eigenvalue weighted by Crippen LogP contribution is 2.18. The molecule has 0 bridgehead atoms. The molecule has 1 unspecified atom stereocenters. The van der Waals surface area contributed by atoms with Crippen molar-refractivity contribution in [2.45, 2.75) is 39.2 Å². The first-order valence-electron chi connectivity index (χ1n) is 6.67. The fourth-order valence-corrected chi connectivity index (χ4v) is 3.30.